The predicted octanol–water partition coefficient (Wildman–Crippen LogP) is 2.45. The van der Waals surface area contributed by atoms with Crippen molar-refractivity contribution in [2.75, 3.05) is 11.9 Å². The molecule has 1 aromatic rings. The fourth-order valence-electron chi connectivity index (χ4n) is 1.31. The van der Waals surface area contributed by atoms with E-state index < -0.39 is 0 Å². The summed E-state index contributed by atoms with van der Waals surface area (Å²) in [6, 6.07) is 3.19. The quantitative estimate of drug-likeness (QED) is 0.632. The highest BCUT2D eigenvalue weighted by molar-refractivity contribution is 6.33. The van der Waals surface area contributed by atoms with Crippen molar-refractivity contribution in [1.29, 1.82) is 0 Å². The minimum atomic E-state index is -0.347. The summed E-state index contributed by atoms with van der Waals surface area (Å²) in [6.07, 6.45) is 0.940. The summed E-state index contributed by atoms with van der Waals surface area (Å²) in [4.78, 5) is 0. The first-order chi connectivity index (χ1) is 5.29. The van der Waals surface area contributed by atoms with Crippen LogP contribution in [0.4, 0.5) is 10.1 Å². The maximum Gasteiger partial charge on any atom is 0.143 e. The van der Waals surface area contributed by atoms with Crippen LogP contribution < -0.4 is 5.32 Å². The van der Waals surface area contributed by atoms with E-state index in [0.717, 1.165) is 24.2 Å². The molecule has 1 nitrogen and oxygen atoms in total. The summed E-state index contributed by atoms with van der Waals surface area (Å²) in [6.45, 7) is 0.860. The average molecular weight is 172 g/mol. The van der Waals surface area contributed by atoms with E-state index in [1.54, 1.807) is 6.07 Å². The van der Waals surface area contributed by atoms with Crippen molar-refractivity contribution in [3.8, 4) is 0 Å². The minimum Gasteiger partial charge on any atom is -0.383 e. The lowest BCUT2D eigenvalue weighted by molar-refractivity contribution is 0.628. The monoisotopic (exact) mass is 171 g/mol. The summed E-state index contributed by atoms with van der Waals surface area (Å²) in [7, 11) is 0. The molecule has 0 saturated carbocycles. The third-order valence-corrected chi connectivity index (χ3v) is 2.25. The van der Waals surface area contributed by atoms with Gasteiger partial charge in [-0.1, -0.05) is 17.7 Å². The van der Waals surface area contributed by atoms with Gasteiger partial charge in [0.1, 0.15) is 5.82 Å². The average Bonchev–Trinajstić information content (AvgIpc) is 2.45. The van der Waals surface area contributed by atoms with Gasteiger partial charge in [-0.15, -0.1) is 0 Å². The van der Waals surface area contributed by atoms with E-state index >= 15 is 0 Å². The lowest BCUT2D eigenvalue weighted by atomic mass is 10.2. The highest BCUT2D eigenvalue weighted by Gasteiger charge is 2.15. The minimum absolute atomic E-state index is 0.222. The summed E-state index contributed by atoms with van der Waals surface area (Å²) in [5.41, 5.74) is 1.88. The molecule has 1 aliphatic rings. The predicted molar refractivity (Wildman–Crippen MR) is 43.6 cm³/mol. The van der Waals surface area contributed by atoms with Crippen molar-refractivity contribution < 1.29 is 4.39 Å². The molecule has 0 bridgehead atoms. The summed E-state index contributed by atoms with van der Waals surface area (Å²) < 4.78 is 12.8. The van der Waals surface area contributed by atoms with Crippen LogP contribution >= 0.6 is 11.6 Å². The molecule has 0 atom stereocenters. The summed E-state index contributed by atoms with van der Waals surface area (Å²) >= 11 is 5.70. The van der Waals surface area contributed by atoms with Gasteiger partial charge in [-0.2, -0.15) is 0 Å². The Labute approximate surface area is 69.2 Å². The Morgan fingerprint density at radius 2 is 2.27 bits per heavy atom. The van der Waals surface area contributed by atoms with Crippen molar-refractivity contribution in [3.05, 3.63) is 28.5 Å². The molecule has 0 fully saturated rings. The second kappa shape index (κ2) is 2.38. The van der Waals surface area contributed by atoms with Gasteiger partial charge in [0.15, 0.2) is 0 Å². The largest absolute Gasteiger partial charge is 0.383 e. The topological polar surface area (TPSA) is 12.0 Å². The van der Waals surface area contributed by atoms with E-state index in [-0.39, 0.29) is 10.8 Å². The maximum absolute atomic E-state index is 12.8. The molecule has 1 heterocycles. The van der Waals surface area contributed by atoms with Crippen molar-refractivity contribution in [2.24, 2.45) is 0 Å². The van der Waals surface area contributed by atoms with Crippen LogP contribution in [0.3, 0.4) is 0 Å². The van der Waals surface area contributed by atoms with Gasteiger partial charge in [0.2, 0.25) is 0 Å². The Morgan fingerprint density at radius 3 is 3.09 bits per heavy atom. The van der Waals surface area contributed by atoms with Crippen LogP contribution in [0.1, 0.15) is 5.56 Å². The lowest BCUT2D eigenvalue weighted by Crippen LogP contribution is -1.92. The molecule has 3 heteroatoms. The zero-order chi connectivity index (χ0) is 7.84. The molecule has 0 aliphatic carbocycles. The lowest BCUT2D eigenvalue weighted by Gasteiger charge is -2.02. The molecule has 58 valence electrons. The SMILES string of the molecule is Fc1ccc2c(c1Cl)NCC2. The molecule has 0 unspecified atom stereocenters. The van der Waals surface area contributed by atoms with Gasteiger partial charge in [-0.3, -0.25) is 0 Å². The zero-order valence-electron chi connectivity index (χ0n) is 5.82. The molecule has 2 rings (SSSR count). The Kier molecular flexibility index (Phi) is 1.50. The van der Waals surface area contributed by atoms with Gasteiger partial charge < -0.3 is 5.32 Å². The number of benzene rings is 1. The molecule has 0 amide bonds. The molecule has 11 heavy (non-hydrogen) atoms. The number of halogens is 2. The maximum atomic E-state index is 12.8. The summed E-state index contributed by atoms with van der Waals surface area (Å²) in [5, 5.41) is 3.26. The van der Waals surface area contributed by atoms with E-state index in [1.165, 1.54) is 6.07 Å². The van der Waals surface area contributed by atoms with Gasteiger partial charge >= 0.3 is 0 Å². The third-order valence-electron chi connectivity index (χ3n) is 1.88. The van der Waals surface area contributed by atoms with Crippen LogP contribution in [0.5, 0.6) is 0 Å². The van der Waals surface area contributed by atoms with Crippen molar-refractivity contribution in [2.45, 2.75) is 6.42 Å². The van der Waals surface area contributed by atoms with E-state index in [0.29, 0.717) is 0 Å². The molecule has 1 aromatic carbocycles. The number of fused-ring (bicyclic) bond motifs is 1. The second-order valence-corrected chi connectivity index (χ2v) is 2.95. The van der Waals surface area contributed by atoms with Crippen LogP contribution in [0.25, 0.3) is 0 Å². The molecule has 1 N–H and O–H groups in total. The van der Waals surface area contributed by atoms with Crippen molar-refractivity contribution >= 4 is 17.3 Å². The molecular formula is C8H7ClFN. The van der Waals surface area contributed by atoms with Gasteiger partial charge in [-0.25, -0.2) is 4.39 Å². The number of rotatable bonds is 0. The van der Waals surface area contributed by atoms with Crippen molar-refractivity contribution in [1.82, 2.24) is 0 Å². The smallest absolute Gasteiger partial charge is 0.143 e. The van der Waals surface area contributed by atoms with E-state index in [2.05, 4.69) is 5.32 Å². The van der Waals surface area contributed by atoms with E-state index in [1.807, 2.05) is 0 Å². The molecule has 0 saturated heterocycles. The fourth-order valence-corrected chi connectivity index (χ4v) is 1.56. The first-order valence-electron chi connectivity index (χ1n) is 3.50. The van der Waals surface area contributed by atoms with Gasteiger partial charge in [0.05, 0.1) is 10.7 Å². The van der Waals surface area contributed by atoms with Gasteiger partial charge in [0.25, 0.3) is 0 Å². The van der Waals surface area contributed by atoms with Crippen LogP contribution in [0.2, 0.25) is 5.02 Å². The third kappa shape index (κ3) is 0.979. The molecule has 1 aliphatic heterocycles. The summed E-state index contributed by atoms with van der Waals surface area (Å²) in [5.74, 6) is -0.347. The first kappa shape index (κ1) is 6.92. The number of hydrogen-bond acceptors (Lipinski definition) is 1. The highest BCUT2D eigenvalue weighted by Crippen LogP contribution is 2.32. The Morgan fingerprint density at radius 1 is 1.45 bits per heavy atom. The standard InChI is InChI=1S/C8H7ClFN/c9-7-6(10)2-1-5-3-4-11-8(5)7/h1-2,11H,3-4H2. The number of nitrogens with one attached hydrogen (secondary N) is 1. The Bertz CT molecular complexity index is 298. The normalized spacial score (nSPS) is 14.4. The first-order valence-corrected chi connectivity index (χ1v) is 3.87. The molecular weight excluding hydrogens is 165 g/mol. The van der Waals surface area contributed by atoms with Crippen LogP contribution in [-0.2, 0) is 6.42 Å². The van der Waals surface area contributed by atoms with E-state index in [9.17, 15) is 4.39 Å². The Hall–Kier alpha value is -0.760. The Balaban J connectivity index is 2.62. The molecule has 0 aromatic heterocycles. The van der Waals surface area contributed by atoms with Crippen LogP contribution in [-0.4, -0.2) is 6.54 Å². The van der Waals surface area contributed by atoms with E-state index in [4.69, 9.17) is 11.6 Å². The highest BCUT2D eigenvalue weighted by atomic mass is 35.5. The molecule has 0 radical (unpaired) electrons. The van der Waals surface area contributed by atoms with Gasteiger partial charge in [0, 0.05) is 6.54 Å². The van der Waals surface area contributed by atoms with Crippen LogP contribution in [0, 0.1) is 5.82 Å². The fraction of sp³-hybridized carbons (Fsp3) is 0.250. The van der Waals surface area contributed by atoms with Crippen molar-refractivity contribution in [3.63, 3.8) is 0 Å². The van der Waals surface area contributed by atoms with Gasteiger partial charge in [-0.05, 0) is 18.1 Å². The number of anilines is 1. The zero-order valence-corrected chi connectivity index (χ0v) is 6.58. The second-order valence-electron chi connectivity index (χ2n) is 2.57. The van der Waals surface area contributed by atoms with Crippen LogP contribution in [0.15, 0.2) is 12.1 Å². The number of hydrogen-bond donors (Lipinski definition) is 1. The molecule has 0 spiro atoms.